The van der Waals surface area contributed by atoms with E-state index in [1.54, 1.807) is 32.4 Å². The van der Waals surface area contributed by atoms with Gasteiger partial charge < -0.3 is 14.8 Å². The summed E-state index contributed by atoms with van der Waals surface area (Å²) in [5.41, 5.74) is 0.640. The Morgan fingerprint density at radius 1 is 0.889 bits per heavy atom. The van der Waals surface area contributed by atoms with E-state index < -0.39 is 0 Å². The van der Waals surface area contributed by atoms with E-state index in [-0.39, 0.29) is 0 Å². The third-order valence-corrected chi connectivity index (χ3v) is 2.04. The van der Waals surface area contributed by atoms with Crippen molar-refractivity contribution in [3.8, 4) is 11.5 Å². The highest BCUT2D eigenvalue weighted by molar-refractivity contribution is 6.32. The predicted molar refractivity (Wildman–Crippen MR) is 78.3 cm³/mol. The Bertz CT molecular complexity index is 312. The lowest BCUT2D eigenvalue weighted by atomic mass is 9.96. The van der Waals surface area contributed by atoms with Crippen LogP contribution in [0, 0.1) is 0 Å². The van der Waals surface area contributed by atoms with Gasteiger partial charge in [-0.1, -0.05) is 33.2 Å². The second-order valence-electron chi connectivity index (χ2n) is 4.62. The van der Waals surface area contributed by atoms with E-state index in [1.165, 1.54) is 0 Å². The highest BCUT2D eigenvalue weighted by Gasteiger charge is 1.96. The predicted octanol–water partition coefficient (Wildman–Crippen LogP) is 1.89. The van der Waals surface area contributed by atoms with Gasteiger partial charge in [0.05, 0.1) is 14.2 Å². The highest BCUT2D eigenvalue weighted by Crippen LogP contribution is 2.16. The van der Waals surface area contributed by atoms with E-state index in [1.807, 2.05) is 0 Å². The smallest absolute Gasteiger partial charge is 0.121 e. The number of nitrogens with one attached hydrogen (secondary N) is 1. The van der Waals surface area contributed by atoms with Gasteiger partial charge in [-0.05, 0) is 12.1 Å². The highest BCUT2D eigenvalue weighted by atomic mass is 16.5. The molecule has 18 heavy (non-hydrogen) atoms. The maximum absolute atomic E-state index is 5.55. The first-order valence-electron chi connectivity index (χ1n) is 6.13. The van der Waals surface area contributed by atoms with Gasteiger partial charge in [-0.3, -0.25) is 0 Å². The van der Waals surface area contributed by atoms with Crippen LogP contribution in [0.4, 0.5) is 0 Å². The minimum absolute atomic E-state index is 0.625. The van der Waals surface area contributed by atoms with Crippen molar-refractivity contribution < 1.29 is 9.47 Å². The zero-order valence-electron chi connectivity index (χ0n) is 12.3. The van der Waals surface area contributed by atoms with Gasteiger partial charge in [-0.2, -0.15) is 0 Å². The largest absolute Gasteiger partial charge is 0.497 e. The van der Waals surface area contributed by atoms with E-state index >= 15 is 0 Å². The van der Waals surface area contributed by atoms with Gasteiger partial charge in [0.2, 0.25) is 0 Å². The Labute approximate surface area is 112 Å². The van der Waals surface area contributed by atoms with Crippen molar-refractivity contribution in [1.29, 1.82) is 0 Å². The van der Waals surface area contributed by atoms with Crippen LogP contribution in [0.25, 0.3) is 0 Å². The molecule has 1 aromatic rings. The second-order valence-corrected chi connectivity index (χ2v) is 4.62. The Morgan fingerprint density at radius 3 is 1.50 bits per heavy atom. The molecule has 1 N–H and O–H groups in total. The van der Waals surface area contributed by atoms with Crippen LogP contribution in [-0.2, 0) is 0 Å². The van der Waals surface area contributed by atoms with Gasteiger partial charge in [-0.15, -0.1) is 0 Å². The molecule has 3 nitrogen and oxygen atoms in total. The fraction of sp³-hybridized carbons (Fsp3) is 0.571. The molecule has 0 saturated heterocycles. The van der Waals surface area contributed by atoms with Gasteiger partial charge in [0.15, 0.2) is 0 Å². The Kier molecular flexibility index (Phi) is 8.30. The molecule has 0 aromatic heterocycles. The minimum atomic E-state index is 0.625. The number of ether oxygens (including phenoxy) is 2. The molecular formula is C14H24BNO2. The lowest BCUT2D eigenvalue weighted by molar-refractivity contribution is 0.395. The first-order valence-corrected chi connectivity index (χ1v) is 6.13. The molecule has 0 saturated carbocycles. The molecule has 4 heteroatoms. The van der Waals surface area contributed by atoms with Crippen LogP contribution >= 0.6 is 0 Å². The normalized spacial score (nSPS) is 10.0. The monoisotopic (exact) mass is 249 g/mol. The summed E-state index contributed by atoms with van der Waals surface area (Å²) in [5.74, 6) is 1.42. The zero-order valence-corrected chi connectivity index (χ0v) is 12.3. The summed E-state index contributed by atoms with van der Waals surface area (Å²) in [6, 6.07) is 6.50. The number of methoxy groups -OCH3 is 2. The quantitative estimate of drug-likeness (QED) is 0.826. The fourth-order valence-electron chi connectivity index (χ4n) is 1.50. The van der Waals surface area contributed by atoms with Crippen molar-refractivity contribution in [3.63, 3.8) is 0 Å². The first-order chi connectivity index (χ1) is 8.38. The summed E-state index contributed by atoms with van der Waals surface area (Å²) in [6.07, 6.45) is 0. The Hall–Kier alpha value is -1.16. The topological polar surface area (TPSA) is 30.5 Å². The van der Waals surface area contributed by atoms with Gasteiger partial charge >= 0.3 is 0 Å². The Balaban J connectivity index is 0.000000360. The molecule has 0 atom stereocenters. The van der Waals surface area contributed by atoms with Crippen LogP contribution in [0.15, 0.2) is 18.2 Å². The SMILES string of the molecule is CC(C)NC(C)C.[B]c1cc(OC)cc(OC)c1. The standard InChI is InChI=1S/C8H9BO2.C6H15N/c1-10-7-3-6(9)4-8(5-7)11-2;1-5(2)7-6(3)4/h3-5H,1-2H3;5-7H,1-4H3. The van der Waals surface area contributed by atoms with Crippen LogP contribution < -0.4 is 20.3 Å². The summed E-state index contributed by atoms with van der Waals surface area (Å²) in [6.45, 7) is 8.61. The van der Waals surface area contributed by atoms with Crippen molar-refractivity contribution in [3.05, 3.63) is 18.2 Å². The summed E-state index contributed by atoms with van der Waals surface area (Å²) >= 11 is 0. The van der Waals surface area contributed by atoms with E-state index in [0.29, 0.717) is 29.0 Å². The molecule has 1 aromatic carbocycles. The molecule has 0 unspecified atom stereocenters. The minimum Gasteiger partial charge on any atom is -0.497 e. The molecule has 0 aliphatic heterocycles. The maximum Gasteiger partial charge on any atom is 0.121 e. The third-order valence-electron chi connectivity index (χ3n) is 2.04. The van der Waals surface area contributed by atoms with E-state index in [2.05, 4.69) is 33.0 Å². The van der Waals surface area contributed by atoms with Crippen molar-refractivity contribution in [2.24, 2.45) is 0 Å². The average Bonchev–Trinajstić information content (AvgIpc) is 2.27. The molecule has 0 amide bonds. The number of rotatable bonds is 4. The molecule has 0 heterocycles. The van der Waals surface area contributed by atoms with Crippen LogP contribution in [0.3, 0.4) is 0 Å². The lowest BCUT2D eigenvalue weighted by Crippen LogP contribution is -2.29. The average molecular weight is 249 g/mol. The number of hydrogen-bond acceptors (Lipinski definition) is 3. The molecule has 0 aliphatic rings. The van der Waals surface area contributed by atoms with E-state index in [0.717, 1.165) is 0 Å². The molecular weight excluding hydrogens is 225 g/mol. The van der Waals surface area contributed by atoms with Crippen molar-refractivity contribution >= 4 is 13.3 Å². The lowest BCUT2D eigenvalue weighted by Gasteiger charge is -2.10. The van der Waals surface area contributed by atoms with Gasteiger partial charge in [-0.25, -0.2) is 0 Å². The van der Waals surface area contributed by atoms with E-state index in [9.17, 15) is 0 Å². The van der Waals surface area contributed by atoms with Gasteiger partial charge in [0.25, 0.3) is 0 Å². The first kappa shape index (κ1) is 16.8. The molecule has 0 fully saturated rings. The van der Waals surface area contributed by atoms with Crippen LogP contribution in [0.1, 0.15) is 27.7 Å². The third kappa shape index (κ3) is 8.01. The zero-order chi connectivity index (χ0) is 14.1. The summed E-state index contributed by atoms with van der Waals surface area (Å²) in [5, 5.41) is 3.31. The fourth-order valence-corrected chi connectivity index (χ4v) is 1.50. The second kappa shape index (κ2) is 8.87. The number of hydrogen-bond donors (Lipinski definition) is 1. The molecule has 100 valence electrons. The molecule has 1 rings (SSSR count). The Morgan fingerprint density at radius 2 is 1.28 bits per heavy atom. The van der Waals surface area contributed by atoms with Gasteiger partial charge in [0, 0.05) is 18.2 Å². The van der Waals surface area contributed by atoms with Crippen LogP contribution in [-0.4, -0.2) is 34.1 Å². The summed E-state index contributed by atoms with van der Waals surface area (Å²) in [4.78, 5) is 0. The maximum atomic E-state index is 5.55. The molecule has 0 spiro atoms. The van der Waals surface area contributed by atoms with Crippen molar-refractivity contribution in [1.82, 2.24) is 5.32 Å². The van der Waals surface area contributed by atoms with Crippen LogP contribution in [0.5, 0.6) is 11.5 Å². The summed E-state index contributed by atoms with van der Waals surface area (Å²) < 4.78 is 9.96. The van der Waals surface area contributed by atoms with Crippen molar-refractivity contribution in [2.75, 3.05) is 14.2 Å². The van der Waals surface area contributed by atoms with Crippen LogP contribution in [0.2, 0.25) is 0 Å². The summed E-state index contributed by atoms with van der Waals surface area (Å²) in [7, 11) is 8.73. The molecule has 0 aliphatic carbocycles. The number of benzene rings is 1. The molecule has 2 radical (unpaired) electrons. The molecule has 0 bridgehead atoms. The van der Waals surface area contributed by atoms with Crippen molar-refractivity contribution in [2.45, 2.75) is 39.8 Å². The van der Waals surface area contributed by atoms with E-state index in [4.69, 9.17) is 17.3 Å². The van der Waals surface area contributed by atoms with Gasteiger partial charge in [0.1, 0.15) is 19.3 Å².